The molecule has 2 rings (SSSR count). The van der Waals surface area contributed by atoms with Gasteiger partial charge in [-0.15, -0.1) is 0 Å². The van der Waals surface area contributed by atoms with Crippen LogP contribution in [0.2, 0.25) is 0 Å². The van der Waals surface area contributed by atoms with Crippen LogP contribution in [0.15, 0.2) is 44.4 Å². The Morgan fingerprint density at radius 2 is 1.70 bits per heavy atom. The van der Waals surface area contributed by atoms with Crippen LogP contribution in [0.25, 0.3) is 0 Å². The van der Waals surface area contributed by atoms with Gasteiger partial charge in [0.2, 0.25) is 0 Å². The molecule has 0 aliphatic heterocycles. The molecule has 0 aliphatic rings. The van der Waals surface area contributed by atoms with Gasteiger partial charge in [0, 0.05) is 23.1 Å². The number of rotatable bonds is 4. The average Bonchev–Trinajstić information content (AvgIpc) is 2.37. The van der Waals surface area contributed by atoms with E-state index in [4.69, 9.17) is 15.4 Å². The molecule has 1 heterocycles. The van der Waals surface area contributed by atoms with Crippen LogP contribution >= 0.6 is 42.5 Å². The maximum absolute atomic E-state index is 11.3. The highest BCUT2D eigenvalue weighted by atomic mass is 79.9. The van der Waals surface area contributed by atoms with E-state index in [0.29, 0.717) is 20.5 Å². The van der Waals surface area contributed by atoms with Crippen molar-refractivity contribution in [2.24, 2.45) is 0 Å². The number of aromatic nitrogens is 2. The molecule has 106 valence electrons. The molecule has 9 heteroatoms. The van der Waals surface area contributed by atoms with Crippen molar-refractivity contribution in [3.8, 4) is 5.75 Å². The van der Waals surface area contributed by atoms with E-state index < -0.39 is 9.05 Å². The molecule has 1 aromatic carbocycles. The number of nitrogens with zero attached hydrogens (tertiary/aromatic N) is 2. The maximum Gasteiger partial charge on any atom is 0.261 e. The minimum Gasteiger partial charge on any atom is -0.483 e. The number of benzene rings is 1. The van der Waals surface area contributed by atoms with E-state index >= 15 is 0 Å². The molecule has 5 nitrogen and oxygen atoms in total. The first kappa shape index (κ1) is 15.7. The predicted octanol–water partition coefficient (Wildman–Crippen LogP) is 3.51. The number of halogens is 3. The SMILES string of the molecule is O=S(=O)(Cl)c1cc(Br)c(OCc2ncccn2)c(Br)c1. The lowest BCUT2D eigenvalue weighted by Gasteiger charge is -2.10. The Kier molecular flexibility index (Phi) is 5.00. The molecule has 0 saturated heterocycles. The fourth-order valence-electron chi connectivity index (χ4n) is 1.36. The van der Waals surface area contributed by atoms with Crippen molar-refractivity contribution < 1.29 is 13.2 Å². The van der Waals surface area contributed by atoms with Gasteiger partial charge in [-0.1, -0.05) is 0 Å². The molecule has 0 aliphatic carbocycles. The van der Waals surface area contributed by atoms with E-state index in [1.807, 2.05) is 0 Å². The second-order valence-electron chi connectivity index (χ2n) is 3.61. The minimum absolute atomic E-state index is 0.0266. The topological polar surface area (TPSA) is 69.2 Å². The van der Waals surface area contributed by atoms with Crippen LogP contribution in [0, 0.1) is 0 Å². The van der Waals surface area contributed by atoms with Crippen molar-refractivity contribution in [2.45, 2.75) is 11.5 Å². The molecule has 2 aromatic rings. The smallest absolute Gasteiger partial charge is 0.261 e. The lowest BCUT2D eigenvalue weighted by Crippen LogP contribution is -2.02. The number of hydrogen-bond acceptors (Lipinski definition) is 5. The Balaban J connectivity index is 2.25. The van der Waals surface area contributed by atoms with Gasteiger partial charge in [-0.05, 0) is 50.1 Å². The monoisotopic (exact) mass is 440 g/mol. The molecule has 0 amide bonds. The summed E-state index contributed by atoms with van der Waals surface area (Å²) in [6, 6.07) is 4.44. The van der Waals surface area contributed by atoms with Gasteiger partial charge in [-0.25, -0.2) is 18.4 Å². The third-order valence-electron chi connectivity index (χ3n) is 2.22. The van der Waals surface area contributed by atoms with Crippen LogP contribution in [-0.2, 0) is 15.7 Å². The fraction of sp³-hybridized carbons (Fsp3) is 0.0909. The third kappa shape index (κ3) is 3.91. The van der Waals surface area contributed by atoms with Gasteiger partial charge >= 0.3 is 0 Å². The van der Waals surface area contributed by atoms with Gasteiger partial charge in [0.15, 0.2) is 5.82 Å². The van der Waals surface area contributed by atoms with E-state index in [0.717, 1.165) is 0 Å². The van der Waals surface area contributed by atoms with Gasteiger partial charge in [0.05, 0.1) is 13.8 Å². The lowest BCUT2D eigenvalue weighted by molar-refractivity contribution is 0.292. The molecule has 0 atom stereocenters. The van der Waals surface area contributed by atoms with Gasteiger partial charge in [-0.2, -0.15) is 0 Å². The Hall–Kier alpha value is -0.700. The summed E-state index contributed by atoms with van der Waals surface area (Å²) in [6.45, 7) is 0.158. The summed E-state index contributed by atoms with van der Waals surface area (Å²) < 4.78 is 29.1. The highest BCUT2D eigenvalue weighted by Crippen LogP contribution is 2.37. The summed E-state index contributed by atoms with van der Waals surface area (Å²) in [5, 5.41) is 0. The van der Waals surface area contributed by atoms with Gasteiger partial charge in [-0.3, -0.25) is 0 Å². The Labute approximate surface area is 137 Å². The molecule has 0 spiro atoms. The van der Waals surface area contributed by atoms with E-state index in [-0.39, 0.29) is 11.5 Å². The fourth-order valence-corrected chi connectivity index (χ4v) is 3.86. The highest BCUT2D eigenvalue weighted by Gasteiger charge is 2.16. The summed E-state index contributed by atoms with van der Waals surface area (Å²) in [5.74, 6) is 0.960. The van der Waals surface area contributed by atoms with Gasteiger partial charge < -0.3 is 4.74 Å². The molecule has 0 N–H and O–H groups in total. The minimum atomic E-state index is -3.80. The van der Waals surface area contributed by atoms with Gasteiger partial charge in [0.1, 0.15) is 12.4 Å². The second kappa shape index (κ2) is 6.38. The van der Waals surface area contributed by atoms with Crippen LogP contribution in [0.5, 0.6) is 5.75 Å². The van der Waals surface area contributed by atoms with E-state index in [1.165, 1.54) is 12.1 Å². The van der Waals surface area contributed by atoms with Crippen LogP contribution in [0.4, 0.5) is 0 Å². The summed E-state index contributed by atoms with van der Waals surface area (Å²) >= 11 is 6.49. The van der Waals surface area contributed by atoms with E-state index in [9.17, 15) is 8.42 Å². The van der Waals surface area contributed by atoms with E-state index in [1.54, 1.807) is 18.5 Å². The summed E-state index contributed by atoms with van der Waals surface area (Å²) in [6.07, 6.45) is 3.22. The first-order valence-corrected chi connectivity index (χ1v) is 9.10. The zero-order valence-corrected chi connectivity index (χ0v) is 14.5. The Morgan fingerprint density at radius 1 is 1.15 bits per heavy atom. The van der Waals surface area contributed by atoms with Crippen LogP contribution in [0.3, 0.4) is 0 Å². The highest BCUT2D eigenvalue weighted by molar-refractivity contribution is 9.11. The third-order valence-corrected chi connectivity index (χ3v) is 4.73. The van der Waals surface area contributed by atoms with Crippen molar-refractivity contribution in [3.05, 3.63) is 45.4 Å². The van der Waals surface area contributed by atoms with Crippen molar-refractivity contribution in [3.63, 3.8) is 0 Å². The van der Waals surface area contributed by atoms with Crippen molar-refractivity contribution in [1.29, 1.82) is 0 Å². The largest absolute Gasteiger partial charge is 0.483 e. The molecule has 0 saturated carbocycles. The van der Waals surface area contributed by atoms with Crippen LogP contribution in [-0.4, -0.2) is 18.4 Å². The molecule has 0 unspecified atom stereocenters. The van der Waals surface area contributed by atoms with Crippen molar-refractivity contribution >= 4 is 51.6 Å². The maximum atomic E-state index is 11.3. The Bertz CT molecular complexity index is 703. The van der Waals surface area contributed by atoms with Crippen molar-refractivity contribution in [2.75, 3.05) is 0 Å². The number of ether oxygens (including phenoxy) is 1. The standard InChI is InChI=1S/C11H7Br2ClN2O3S/c12-8-4-7(20(14,17)18)5-9(13)11(8)19-6-10-15-2-1-3-16-10/h1-5H,6H2. The number of hydrogen-bond donors (Lipinski definition) is 0. The average molecular weight is 443 g/mol. The van der Waals surface area contributed by atoms with Crippen LogP contribution < -0.4 is 4.74 Å². The Morgan fingerprint density at radius 3 is 2.20 bits per heavy atom. The first-order valence-electron chi connectivity index (χ1n) is 5.20. The van der Waals surface area contributed by atoms with Crippen LogP contribution in [0.1, 0.15) is 5.82 Å². The molecule has 20 heavy (non-hydrogen) atoms. The molecule has 0 radical (unpaired) electrons. The zero-order chi connectivity index (χ0) is 14.8. The first-order chi connectivity index (χ1) is 9.38. The lowest BCUT2D eigenvalue weighted by atomic mass is 10.3. The molecular formula is C11H7Br2ClN2O3S. The second-order valence-corrected chi connectivity index (χ2v) is 7.88. The molecule has 0 bridgehead atoms. The predicted molar refractivity (Wildman–Crippen MR) is 81.2 cm³/mol. The summed E-state index contributed by atoms with van der Waals surface area (Å²) in [5.41, 5.74) is 0. The molecule has 0 fully saturated rings. The van der Waals surface area contributed by atoms with Gasteiger partial charge in [0.25, 0.3) is 9.05 Å². The molecular weight excluding hydrogens is 435 g/mol. The summed E-state index contributed by atoms with van der Waals surface area (Å²) in [4.78, 5) is 8.03. The zero-order valence-electron chi connectivity index (χ0n) is 9.76. The van der Waals surface area contributed by atoms with Crippen molar-refractivity contribution in [1.82, 2.24) is 9.97 Å². The summed E-state index contributed by atoms with van der Waals surface area (Å²) in [7, 11) is 1.50. The quantitative estimate of drug-likeness (QED) is 0.678. The van der Waals surface area contributed by atoms with E-state index in [2.05, 4.69) is 41.8 Å². The molecule has 1 aromatic heterocycles. The normalized spacial score (nSPS) is 11.3.